The maximum Gasteiger partial charge on any atom is 0.0556 e. The number of rotatable bonds is 2. The normalized spacial score (nSPS) is 12.5. The van der Waals surface area contributed by atoms with Crippen molar-refractivity contribution in [1.29, 1.82) is 0 Å². The van der Waals surface area contributed by atoms with Gasteiger partial charge in [-0.2, -0.15) is 0 Å². The van der Waals surface area contributed by atoms with E-state index in [9.17, 15) is 0 Å². The summed E-state index contributed by atoms with van der Waals surface area (Å²) in [5.41, 5.74) is 13.9. The molecule has 2 aromatic carbocycles. The summed E-state index contributed by atoms with van der Waals surface area (Å²) < 4.78 is 1.13. The summed E-state index contributed by atoms with van der Waals surface area (Å²) >= 11 is 3.53. The van der Waals surface area contributed by atoms with Crippen LogP contribution in [0.15, 0.2) is 34.8 Å². The molecule has 19 heavy (non-hydrogen) atoms. The topological polar surface area (TPSA) is 26.0 Å². The van der Waals surface area contributed by atoms with Crippen molar-refractivity contribution < 1.29 is 0 Å². The highest BCUT2D eigenvalue weighted by atomic mass is 79.9. The third kappa shape index (κ3) is 2.90. The fourth-order valence-electron chi connectivity index (χ4n) is 2.71. The Morgan fingerprint density at radius 3 is 2.00 bits per heavy atom. The molecule has 0 aromatic heterocycles. The summed E-state index contributed by atoms with van der Waals surface area (Å²) in [6.45, 7) is 8.50. The number of nitrogens with two attached hydrogens (primary N) is 1. The van der Waals surface area contributed by atoms with Gasteiger partial charge in [-0.1, -0.05) is 45.8 Å². The van der Waals surface area contributed by atoms with E-state index < -0.39 is 0 Å². The molecule has 1 unspecified atom stereocenters. The molecule has 2 heteroatoms. The SMILES string of the molecule is Cc1cc(C)c(C(N)c2ccc(Br)c(C)c2)c(C)c1. The van der Waals surface area contributed by atoms with Crippen LogP contribution in [0.25, 0.3) is 0 Å². The van der Waals surface area contributed by atoms with Gasteiger partial charge in [0.15, 0.2) is 0 Å². The monoisotopic (exact) mass is 317 g/mol. The zero-order valence-electron chi connectivity index (χ0n) is 11.9. The molecule has 0 bridgehead atoms. The van der Waals surface area contributed by atoms with Gasteiger partial charge in [-0.3, -0.25) is 0 Å². The van der Waals surface area contributed by atoms with Crippen LogP contribution in [0.5, 0.6) is 0 Å². The molecule has 2 N–H and O–H groups in total. The van der Waals surface area contributed by atoms with E-state index in [1.807, 2.05) is 0 Å². The van der Waals surface area contributed by atoms with Crippen LogP contribution < -0.4 is 5.73 Å². The molecule has 2 aromatic rings. The molecule has 0 saturated carbocycles. The first-order valence-corrected chi connectivity index (χ1v) is 7.29. The Balaban J connectivity index is 2.49. The number of benzene rings is 2. The van der Waals surface area contributed by atoms with Crippen LogP contribution in [-0.2, 0) is 0 Å². The van der Waals surface area contributed by atoms with Crippen LogP contribution in [0.4, 0.5) is 0 Å². The van der Waals surface area contributed by atoms with Crippen LogP contribution in [0.1, 0.15) is 39.4 Å². The summed E-state index contributed by atoms with van der Waals surface area (Å²) in [6.07, 6.45) is 0. The molecular weight excluding hydrogens is 298 g/mol. The van der Waals surface area contributed by atoms with Gasteiger partial charge in [0.1, 0.15) is 0 Å². The molecule has 0 aliphatic heterocycles. The average molecular weight is 318 g/mol. The van der Waals surface area contributed by atoms with E-state index >= 15 is 0 Å². The predicted molar refractivity (Wildman–Crippen MR) is 85.6 cm³/mol. The highest BCUT2D eigenvalue weighted by molar-refractivity contribution is 9.10. The lowest BCUT2D eigenvalue weighted by Crippen LogP contribution is -2.15. The zero-order chi connectivity index (χ0) is 14.2. The largest absolute Gasteiger partial charge is 0.320 e. The van der Waals surface area contributed by atoms with E-state index in [0.29, 0.717) is 0 Å². The third-order valence-electron chi connectivity index (χ3n) is 3.59. The highest BCUT2D eigenvalue weighted by Gasteiger charge is 2.15. The molecule has 0 radical (unpaired) electrons. The third-order valence-corrected chi connectivity index (χ3v) is 4.48. The summed E-state index contributed by atoms with van der Waals surface area (Å²) in [5.74, 6) is 0. The average Bonchev–Trinajstić information content (AvgIpc) is 2.31. The van der Waals surface area contributed by atoms with Gasteiger partial charge in [-0.25, -0.2) is 0 Å². The van der Waals surface area contributed by atoms with Crippen molar-refractivity contribution in [1.82, 2.24) is 0 Å². The van der Waals surface area contributed by atoms with Crippen molar-refractivity contribution in [3.63, 3.8) is 0 Å². The molecule has 0 heterocycles. The van der Waals surface area contributed by atoms with Crippen LogP contribution in [0, 0.1) is 27.7 Å². The smallest absolute Gasteiger partial charge is 0.0556 e. The van der Waals surface area contributed by atoms with Crippen molar-refractivity contribution in [3.8, 4) is 0 Å². The molecule has 100 valence electrons. The Hall–Kier alpha value is -1.12. The second-order valence-corrected chi connectivity index (χ2v) is 6.15. The fourth-order valence-corrected chi connectivity index (χ4v) is 2.96. The van der Waals surface area contributed by atoms with E-state index in [-0.39, 0.29) is 6.04 Å². The predicted octanol–water partition coefficient (Wildman–Crippen LogP) is 4.73. The van der Waals surface area contributed by atoms with Crippen LogP contribution in [0.2, 0.25) is 0 Å². The number of halogens is 1. The second-order valence-electron chi connectivity index (χ2n) is 5.30. The quantitative estimate of drug-likeness (QED) is 0.851. The Morgan fingerprint density at radius 1 is 0.895 bits per heavy atom. The van der Waals surface area contributed by atoms with Gasteiger partial charge in [-0.05, 0) is 61.6 Å². The zero-order valence-corrected chi connectivity index (χ0v) is 13.5. The van der Waals surface area contributed by atoms with Crippen molar-refractivity contribution in [2.75, 3.05) is 0 Å². The fraction of sp³-hybridized carbons (Fsp3) is 0.294. The van der Waals surface area contributed by atoms with Gasteiger partial charge in [0, 0.05) is 4.47 Å². The summed E-state index contributed by atoms with van der Waals surface area (Å²) in [6, 6.07) is 10.7. The second kappa shape index (κ2) is 5.48. The van der Waals surface area contributed by atoms with Gasteiger partial charge in [0.05, 0.1) is 6.04 Å². The first-order chi connectivity index (χ1) is 8.90. The molecule has 0 spiro atoms. The molecule has 2 rings (SSSR count). The Labute approximate surface area is 124 Å². The van der Waals surface area contributed by atoms with Crippen molar-refractivity contribution >= 4 is 15.9 Å². The van der Waals surface area contributed by atoms with E-state index in [1.54, 1.807) is 0 Å². The van der Waals surface area contributed by atoms with Gasteiger partial charge in [-0.15, -0.1) is 0 Å². The van der Waals surface area contributed by atoms with E-state index in [2.05, 4.69) is 74.0 Å². The number of hydrogen-bond donors (Lipinski definition) is 1. The van der Waals surface area contributed by atoms with Crippen molar-refractivity contribution in [3.05, 3.63) is 68.2 Å². The molecule has 0 aliphatic carbocycles. The number of aryl methyl sites for hydroxylation is 4. The first-order valence-electron chi connectivity index (χ1n) is 6.49. The lowest BCUT2D eigenvalue weighted by molar-refractivity contribution is 0.848. The lowest BCUT2D eigenvalue weighted by atomic mass is 9.90. The van der Waals surface area contributed by atoms with Gasteiger partial charge in [0.2, 0.25) is 0 Å². The summed E-state index contributed by atoms with van der Waals surface area (Å²) in [7, 11) is 0. The molecule has 1 nitrogen and oxygen atoms in total. The summed E-state index contributed by atoms with van der Waals surface area (Å²) in [4.78, 5) is 0. The molecule has 1 atom stereocenters. The Kier molecular flexibility index (Phi) is 4.12. The van der Waals surface area contributed by atoms with Gasteiger partial charge < -0.3 is 5.73 Å². The Bertz CT molecular complexity index is 594. The minimum Gasteiger partial charge on any atom is -0.320 e. The minimum absolute atomic E-state index is 0.0626. The van der Waals surface area contributed by atoms with E-state index in [0.717, 1.165) is 10.0 Å². The summed E-state index contributed by atoms with van der Waals surface area (Å²) in [5, 5.41) is 0. The molecule has 0 fully saturated rings. The maximum atomic E-state index is 6.47. The standard InChI is InChI=1S/C17H20BrN/c1-10-7-12(3)16(13(4)8-10)17(19)14-5-6-15(18)11(2)9-14/h5-9,17H,19H2,1-4H3. The lowest BCUT2D eigenvalue weighted by Gasteiger charge is -2.19. The van der Waals surface area contributed by atoms with Crippen LogP contribution in [0.3, 0.4) is 0 Å². The highest BCUT2D eigenvalue weighted by Crippen LogP contribution is 2.29. The number of hydrogen-bond acceptors (Lipinski definition) is 1. The molecular formula is C17H20BrN. The molecule has 0 saturated heterocycles. The molecule has 0 amide bonds. The van der Waals surface area contributed by atoms with Gasteiger partial charge >= 0.3 is 0 Å². The molecule has 0 aliphatic rings. The maximum absolute atomic E-state index is 6.47. The van der Waals surface area contributed by atoms with Crippen molar-refractivity contribution in [2.45, 2.75) is 33.7 Å². The van der Waals surface area contributed by atoms with Gasteiger partial charge in [0.25, 0.3) is 0 Å². The minimum atomic E-state index is -0.0626. The van der Waals surface area contributed by atoms with Crippen LogP contribution in [-0.4, -0.2) is 0 Å². The Morgan fingerprint density at radius 2 is 1.47 bits per heavy atom. The first kappa shape index (κ1) is 14.3. The van der Waals surface area contributed by atoms with Crippen LogP contribution >= 0.6 is 15.9 Å². The van der Waals surface area contributed by atoms with E-state index in [4.69, 9.17) is 5.73 Å². The van der Waals surface area contributed by atoms with Crippen molar-refractivity contribution in [2.24, 2.45) is 5.73 Å². The van der Waals surface area contributed by atoms with E-state index in [1.165, 1.54) is 27.8 Å².